The van der Waals surface area contributed by atoms with Gasteiger partial charge in [-0.25, -0.2) is 18.2 Å². The van der Waals surface area contributed by atoms with Crippen molar-refractivity contribution in [1.82, 2.24) is 14.8 Å². The molecule has 0 radical (unpaired) electrons. The summed E-state index contributed by atoms with van der Waals surface area (Å²) in [6.07, 6.45) is 1.26. The molecule has 0 amide bonds. The Balaban J connectivity index is 1.82. The molecule has 2 heterocycles. The molecule has 0 aliphatic carbocycles. The van der Waals surface area contributed by atoms with Crippen LogP contribution in [0.4, 0.5) is 5.82 Å². The van der Waals surface area contributed by atoms with E-state index >= 15 is 0 Å². The van der Waals surface area contributed by atoms with E-state index in [0.717, 1.165) is 27.6 Å². The molecule has 166 valence electrons. The molecule has 9 nitrogen and oxygen atoms in total. The molecule has 0 saturated heterocycles. The predicted molar refractivity (Wildman–Crippen MR) is 122 cm³/mol. The number of pyridine rings is 1. The number of fused-ring (bicyclic) bond motifs is 1. The van der Waals surface area contributed by atoms with Crippen molar-refractivity contribution in [3.05, 3.63) is 76.5 Å². The molecule has 10 heteroatoms. The number of hydrogen-bond donors (Lipinski definition) is 2. The maximum atomic E-state index is 13.0. The number of hydrogen-bond acceptors (Lipinski definition) is 6. The molecule has 0 saturated carbocycles. The third-order valence-corrected chi connectivity index (χ3v) is 6.55. The second kappa shape index (κ2) is 8.03. The van der Waals surface area contributed by atoms with Gasteiger partial charge in [-0.05, 0) is 68.3 Å². The van der Waals surface area contributed by atoms with E-state index in [0.29, 0.717) is 5.82 Å². The minimum Gasteiger partial charge on any atom is -0.478 e. The molecule has 0 unspecified atom stereocenters. The minimum absolute atomic E-state index is 0.0147. The smallest absolute Gasteiger partial charge is 0.335 e. The summed E-state index contributed by atoms with van der Waals surface area (Å²) in [4.78, 5) is 15.6. The van der Waals surface area contributed by atoms with Crippen LogP contribution in [0.1, 0.15) is 32.6 Å². The highest BCUT2D eigenvalue weighted by Crippen LogP contribution is 2.27. The Kier molecular flexibility index (Phi) is 5.35. The van der Waals surface area contributed by atoms with Crippen molar-refractivity contribution in [2.75, 3.05) is 4.72 Å². The van der Waals surface area contributed by atoms with Gasteiger partial charge in [-0.3, -0.25) is 4.72 Å². The van der Waals surface area contributed by atoms with Crippen molar-refractivity contribution in [2.24, 2.45) is 0 Å². The molecule has 4 rings (SSSR count). The van der Waals surface area contributed by atoms with E-state index in [2.05, 4.69) is 14.8 Å². The Bertz CT molecular complexity index is 1570. The van der Waals surface area contributed by atoms with Crippen LogP contribution in [0.2, 0.25) is 0 Å². The van der Waals surface area contributed by atoms with Crippen molar-refractivity contribution in [2.45, 2.75) is 25.7 Å². The molecular formula is C23H19N5O4S. The van der Waals surface area contributed by atoms with E-state index < -0.39 is 16.0 Å². The number of benzene rings is 2. The van der Waals surface area contributed by atoms with Crippen LogP contribution in [-0.4, -0.2) is 34.3 Å². The molecule has 33 heavy (non-hydrogen) atoms. The molecule has 4 aromatic rings. The van der Waals surface area contributed by atoms with Crippen LogP contribution in [-0.2, 0) is 10.0 Å². The summed E-state index contributed by atoms with van der Waals surface area (Å²) in [5.41, 5.74) is 3.71. The first-order valence-corrected chi connectivity index (χ1v) is 11.3. The maximum Gasteiger partial charge on any atom is 0.335 e. The second-order valence-corrected chi connectivity index (χ2v) is 9.32. The Morgan fingerprint density at radius 3 is 2.42 bits per heavy atom. The molecule has 0 spiro atoms. The van der Waals surface area contributed by atoms with Crippen molar-refractivity contribution in [1.29, 1.82) is 5.26 Å². The molecule has 0 atom stereocenters. The number of carboxylic acids is 1. The highest BCUT2D eigenvalue weighted by atomic mass is 32.2. The number of nitrogens with zero attached hydrogens (tertiary/aromatic N) is 4. The van der Waals surface area contributed by atoms with Gasteiger partial charge in [0.15, 0.2) is 11.6 Å². The number of aromatic carboxylic acids is 1. The zero-order valence-electron chi connectivity index (χ0n) is 18.0. The Labute approximate surface area is 190 Å². The van der Waals surface area contributed by atoms with Crippen LogP contribution in [0.25, 0.3) is 16.7 Å². The quantitative estimate of drug-likeness (QED) is 0.462. The number of sulfonamides is 1. The van der Waals surface area contributed by atoms with E-state index in [1.807, 2.05) is 39.0 Å². The standard InChI is InChI=1S/C23H19N5O4S/c1-13-8-15(3)21-19(9-13)14(2)10-20(26-21)28-22(17(11-24)12-25-28)27-33(31,32)18-6-4-16(5-7-18)23(29)30/h4-10,12,27H,1-3H3,(H,29,30). The number of aryl methyl sites for hydroxylation is 3. The maximum absolute atomic E-state index is 13.0. The third-order valence-electron chi connectivity index (χ3n) is 5.19. The Morgan fingerprint density at radius 2 is 1.79 bits per heavy atom. The fourth-order valence-electron chi connectivity index (χ4n) is 3.60. The molecule has 0 aliphatic rings. The lowest BCUT2D eigenvalue weighted by atomic mass is 10.0. The predicted octanol–water partition coefficient (Wildman–Crippen LogP) is 3.72. The van der Waals surface area contributed by atoms with Crippen molar-refractivity contribution < 1.29 is 18.3 Å². The Hall–Kier alpha value is -4.23. The zero-order valence-corrected chi connectivity index (χ0v) is 18.8. The number of aromatic nitrogens is 3. The molecule has 0 fully saturated rings. The lowest BCUT2D eigenvalue weighted by molar-refractivity contribution is 0.0696. The molecular weight excluding hydrogens is 442 g/mol. The van der Waals surface area contributed by atoms with Gasteiger partial charge in [-0.15, -0.1) is 0 Å². The lowest BCUT2D eigenvalue weighted by Gasteiger charge is -2.13. The second-order valence-electron chi connectivity index (χ2n) is 7.64. The molecule has 2 aromatic carbocycles. The van der Waals surface area contributed by atoms with Crippen LogP contribution in [0.5, 0.6) is 0 Å². The highest BCUT2D eigenvalue weighted by molar-refractivity contribution is 7.92. The van der Waals surface area contributed by atoms with Crippen molar-refractivity contribution in [3.63, 3.8) is 0 Å². The van der Waals surface area contributed by atoms with Crippen LogP contribution in [0, 0.1) is 32.1 Å². The minimum atomic E-state index is -4.14. The van der Waals surface area contributed by atoms with Gasteiger partial charge in [0, 0.05) is 5.39 Å². The molecule has 0 aliphatic heterocycles. The van der Waals surface area contributed by atoms with Gasteiger partial charge in [0.05, 0.1) is 22.2 Å². The summed E-state index contributed by atoms with van der Waals surface area (Å²) in [5.74, 6) is -0.872. The van der Waals surface area contributed by atoms with E-state index in [9.17, 15) is 18.5 Å². The van der Waals surface area contributed by atoms with E-state index in [-0.39, 0.29) is 21.8 Å². The normalized spacial score (nSPS) is 11.3. The first kappa shape index (κ1) is 22.0. The first-order chi connectivity index (χ1) is 15.6. The molecule has 2 N–H and O–H groups in total. The van der Waals surface area contributed by atoms with Crippen molar-refractivity contribution in [3.8, 4) is 11.9 Å². The topological polar surface area (TPSA) is 138 Å². The van der Waals surface area contributed by atoms with E-state index in [1.54, 1.807) is 6.07 Å². The van der Waals surface area contributed by atoms with Gasteiger partial charge in [0.2, 0.25) is 0 Å². The van der Waals surface area contributed by atoms with Gasteiger partial charge in [-0.1, -0.05) is 11.6 Å². The molecule has 2 aromatic heterocycles. The van der Waals surface area contributed by atoms with Crippen LogP contribution >= 0.6 is 0 Å². The van der Waals surface area contributed by atoms with Gasteiger partial charge in [0.1, 0.15) is 11.6 Å². The van der Waals surface area contributed by atoms with Gasteiger partial charge >= 0.3 is 5.97 Å². The molecule has 0 bridgehead atoms. The Morgan fingerprint density at radius 1 is 1.09 bits per heavy atom. The lowest BCUT2D eigenvalue weighted by Crippen LogP contribution is -2.17. The van der Waals surface area contributed by atoms with Crippen LogP contribution in [0.15, 0.2) is 53.6 Å². The summed E-state index contributed by atoms with van der Waals surface area (Å²) in [6.45, 7) is 5.87. The average Bonchev–Trinajstić information content (AvgIpc) is 3.16. The zero-order chi connectivity index (χ0) is 23.9. The number of nitrogens with one attached hydrogen (secondary N) is 1. The first-order valence-electron chi connectivity index (χ1n) is 9.84. The monoisotopic (exact) mass is 461 g/mol. The summed E-state index contributed by atoms with van der Waals surface area (Å²) < 4.78 is 29.6. The van der Waals surface area contributed by atoms with Gasteiger partial charge in [0.25, 0.3) is 10.0 Å². The summed E-state index contributed by atoms with van der Waals surface area (Å²) >= 11 is 0. The number of anilines is 1. The van der Waals surface area contributed by atoms with E-state index in [4.69, 9.17) is 5.11 Å². The number of nitriles is 1. The van der Waals surface area contributed by atoms with Crippen LogP contribution in [0.3, 0.4) is 0 Å². The SMILES string of the molecule is Cc1cc(C)c2nc(-n3ncc(C#N)c3NS(=O)(=O)c3ccc(C(=O)O)cc3)cc(C)c2c1. The van der Waals surface area contributed by atoms with Crippen molar-refractivity contribution >= 4 is 32.7 Å². The van der Waals surface area contributed by atoms with E-state index in [1.165, 1.54) is 35.1 Å². The number of carbonyl (C=O) groups is 1. The largest absolute Gasteiger partial charge is 0.478 e. The fraction of sp³-hybridized carbons (Fsp3) is 0.130. The fourth-order valence-corrected chi connectivity index (χ4v) is 4.66. The summed E-state index contributed by atoms with van der Waals surface area (Å²) in [7, 11) is -4.14. The van der Waals surface area contributed by atoms with Crippen LogP contribution < -0.4 is 4.72 Å². The van der Waals surface area contributed by atoms with Gasteiger partial charge < -0.3 is 5.11 Å². The summed E-state index contributed by atoms with van der Waals surface area (Å²) in [5, 5.41) is 23.7. The highest BCUT2D eigenvalue weighted by Gasteiger charge is 2.22. The average molecular weight is 462 g/mol. The van der Waals surface area contributed by atoms with Gasteiger partial charge in [-0.2, -0.15) is 15.0 Å². The summed E-state index contributed by atoms with van der Waals surface area (Å²) in [6, 6.07) is 12.5. The number of rotatable bonds is 5. The third kappa shape index (κ3) is 4.02. The number of carboxylic acid groups (broad SMARTS) is 1.